The zero-order valence-corrected chi connectivity index (χ0v) is 10.4. The van der Waals surface area contributed by atoms with Crippen LogP contribution in [-0.4, -0.2) is 19.4 Å². The summed E-state index contributed by atoms with van der Waals surface area (Å²) in [6.45, 7) is 4.56. The first-order valence-corrected chi connectivity index (χ1v) is 5.99. The SMILES string of the molecule is CO/C(=N\NC=O)C1CCC(C(C)C)CC1. The van der Waals surface area contributed by atoms with Crippen molar-refractivity contribution in [3.05, 3.63) is 0 Å². The fraction of sp³-hybridized carbons (Fsp3) is 0.833. The lowest BCUT2D eigenvalue weighted by Crippen LogP contribution is -2.26. The van der Waals surface area contributed by atoms with Gasteiger partial charge in [-0.15, -0.1) is 5.10 Å². The highest BCUT2D eigenvalue weighted by atomic mass is 16.5. The van der Waals surface area contributed by atoms with E-state index in [1.807, 2.05) is 0 Å². The quantitative estimate of drug-likeness (QED) is 0.345. The van der Waals surface area contributed by atoms with Crippen molar-refractivity contribution in [3.63, 3.8) is 0 Å². The second-order valence-electron chi connectivity index (χ2n) is 4.76. The number of hydrogen-bond acceptors (Lipinski definition) is 3. The third-order valence-corrected chi connectivity index (χ3v) is 3.50. The van der Waals surface area contributed by atoms with Crippen molar-refractivity contribution in [1.29, 1.82) is 0 Å². The second kappa shape index (κ2) is 6.51. The van der Waals surface area contributed by atoms with Gasteiger partial charge in [-0.2, -0.15) is 0 Å². The summed E-state index contributed by atoms with van der Waals surface area (Å²) < 4.78 is 5.22. The van der Waals surface area contributed by atoms with Crippen LogP contribution in [-0.2, 0) is 9.53 Å². The standard InChI is InChI=1S/C12H22N2O2/c1-9(2)10-4-6-11(7-5-10)12(16-3)14-13-8-15/h8-11H,4-7H2,1-3H3,(H,13,15)/b14-12-. The van der Waals surface area contributed by atoms with Gasteiger partial charge in [0, 0.05) is 5.92 Å². The molecule has 0 aromatic heterocycles. The molecule has 4 heteroatoms. The lowest BCUT2D eigenvalue weighted by atomic mass is 9.77. The van der Waals surface area contributed by atoms with Gasteiger partial charge >= 0.3 is 0 Å². The fourth-order valence-electron chi connectivity index (χ4n) is 2.43. The number of hydrazone groups is 1. The fourth-order valence-corrected chi connectivity index (χ4v) is 2.43. The number of carbonyl (C=O) groups excluding carboxylic acids is 1. The summed E-state index contributed by atoms with van der Waals surface area (Å²) in [5, 5.41) is 3.93. The number of ether oxygens (including phenoxy) is 1. The first-order valence-electron chi connectivity index (χ1n) is 5.99. The number of nitrogens with zero attached hydrogens (tertiary/aromatic N) is 1. The van der Waals surface area contributed by atoms with Gasteiger partial charge < -0.3 is 4.74 Å². The molecule has 0 saturated heterocycles. The summed E-state index contributed by atoms with van der Waals surface area (Å²) in [4.78, 5) is 10.2. The molecule has 1 aliphatic carbocycles. The maximum absolute atomic E-state index is 10.2. The molecule has 0 unspecified atom stereocenters. The molecule has 0 atom stereocenters. The van der Waals surface area contributed by atoms with E-state index in [1.54, 1.807) is 7.11 Å². The van der Waals surface area contributed by atoms with Gasteiger partial charge in [-0.25, -0.2) is 5.43 Å². The zero-order valence-electron chi connectivity index (χ0n) is 10.4. The van der Waals surface area contributed by atoms with Gasteiger partial charge in [0.15, 0.2) is 0 Å². The van der Waals surface area contributed by atoms with E-state index in [4.69, 9.17) is 4.74 Å². The molecule has 1 fully saturated rings. The summed E-state index contributed by atoms with van der Waals surface area (Å²) in [7, 11) is 1.61. The van der Waals surface area contributed by atoms with Crippen LogP contribution in [0.4, 0.5) is 0 Å². The molecule has 0 bridgehead atoms. The molecule has 1 aliphatic rings. The number of carbonyl (C=O) groups is 1. The summed E-state index contributed by atoms with van der Waals surface area (Å²) in [6.07, 6.45) is 5.24. The van der Waals surface area contributed by atoms with Crippen LogP contribution in [0.1, 0.15) is 39.5 Å². The number of amides is 1. The Morgan fingerprint density at radius 1 is 1.38 bits per heavy atom. The maximum atomic E-state index is 10.2. The van der Waals surface area contributed by atoms with Crippen LogP contribution < -0.4 is 5.43 Å². The minimum atomic E-state index is 0.368. The van der Waals surface area contributed by atoms with Gasteiger partial charge in [0.2, 0.25) is 12.3 Å². The highest BCUT2D eigenvalue weighted by molar-refractivity contribution is 5.79. The van der Waals surface area contributed by atoms with Crippen molar-refractivity contribution in [2.24, 2.45) is 22.9 Å². The number of nitrogens with one attached hydrogen (secondary N) is 1. The molecular weight excluding hydrogens is 204 g/mol. The Bertz CT molecular complexity index is 243. The highest BCUT2D eigenvalue weighted by Crippen LogP contribution is 2.33. The van der Waals surface area contributed by atoms with Crippen LogP contribution in [0.15, 0.2) is 5.10 Å². The van der Waals surface area contributed by atoms with E-state index in [0.29, 0.717) is 18.2 Å². The van der Waals surface area contributed by atoms with Crippen molar-refractivity contribution >= 4 is 12.3 Å². The van der Waals surface area contributed by atoms with Crippen LogP contribution in [0.25, 0.3) is 0 Å². The van der Waals surface area contributed by atoms with Crippen LogP contribution in [0.5, 0.6) is 0 Å². The first-order chi connectivity index (χ1) is 7.69. The van der Waals surface area contributed by atoms with Crippen LogP contribution >= 0.6 is 0 Å². The van der Waals surface area contributed by atoms with E-state index in [-0.39, 0.29) is 0 Å². The van der Waals surface area contributed by atoms with Crippen molar-refractivity contribution < 1.29 is 9.53 Å². The van der Waals surface area contributed by atoms with Gasteiger partial charge in [-0.3, -0.25) is 4.79 Å². The molecule has 1 saturated carbocycles. The number of hydrogen-bond donors (Lipinski definition) is 1. The summed E-state index contributed by atoms with van der Waals surface area (Å²) in [5.41, 5.74) is 2.31. The van der Waals surface area contributed by atoms with Crippen molar-refractivity contribution in [2.45, 2.75) is 39.5 Å². The molecule has 0 radical (unpaired) electrons. The predicted octanol–water partition coefficient (Wildman–Crippen LogP) is 2.15. The molecule has 0 aliphatic heterocycles. The Kier molecular flexibility index (Phi) is 5.29. The van der Waals surface area contributed by atoms with Crippen molar-refractivity contribution in [2.75, 3.05) is 7.11 Å². The first kappa shape index (κ1) is 13.0. The summed E-state index contributed by atoms with van der Waals surface area (Å²) >= 11 is 0. The molecule has 1 rings (SSSR count). The Labute approximate surface area is 97.4 Å². The lowest BCUT2D eigenvalue weighted by molar-refractivity contribution is -0.109. The topological polar surface area (TPSA) is 50.7 Å². The molecule has 1 N–H and O–H groups in total. The van der Waals surface area contributed by atoms with Gasteiger partial charge in [0.25, 0.3) is 0 Å². The van der Waals surface area contributed by atoms with E-state index < -0.39 is 0 Å². The predicted molar refractivity (Wildman–Crippen MR) is 63.9 cm³/mol. The molecule has 1 amide bonds. The number of rotatable bonds is 4. The third-order valence-electron chi connectivity index (χ3n) is 3.50. The highest BCUT2D eigenvalue weighted by Gasteiger charge is 2.27. The van der Waals surface area contributed by atoms with E-state index in [2.05, 4.69) is 24.4 Å². The van der Waals surface area contributed by atoms with Gasteiger partial charge in [-0.05, 0) is 37.5 Å². The molecule has 0 spiro atoms. The Balaban J connectivity index is 2.48. The zero-order chi connectivity index (χ0) is 12.0. The van der Waals surface area contributed by atoms with E-state index in [0.717, 1.165) is 24.7 Å². The van der Waals surface area contributed by atoms with Gasteiger partial charge in [0.05, 0.1) is 7.11 Å². The minimum absolute atomic E-state index is 0.368. The van der Waals surface area contributed by atoms with Gasteiger partial charge in [-0.1, -0.05) is 13.8 Å². The molecule has 0 heterocycles. The van der Waals surface area contributed by atoms with E-state index in [9.17, 15) is 4.79 Å². The minimum Gasteiger partial charge on any atom is -0.483 e. The summed E-state index contributed by atoms with van der Waals surface area (Å²) in [6, 6.07) is 0. The van der Waals surface area contributed by atoms with E-state index >= 15 is 0 Å². The smallest absolute Gasteiger partial charge is 0.227 e. The molecule has 0 aromatic carbocycles. The normalized spacial score (nSPS) is 26.6. The maximum Gasteiger partial charge on any atom is 0.227 e. The average Bonchev–Trinajstić information content (AvgIpc) is 2.30. The third kappa shape index (κ3) is 3.51. The van der Waals surface area contributed by atoms with Crippen LogP contribution in [0.3, 0.4) is 0 Å². The molecular formula is C12H22N2O2. The van der Waals surface area contributed by atoms with Crippen molar-refractivity contribution in [1.82, 2.24) is 5.43 Å². The largest absolute Gasteiger partial charge is 0.483 e. The Morgan fingerprint density at radius 2 is 2.00 bits per heavy atom. The Hall–Kier alpha value is -1.06. The monoisotopic (exact) mass is 226 g/mol. The second-order valence-corrected chi connectivity index (χ2v) is 4.76. The molecule has 16 heavy (non-hydrogen) atoms. The summed E-state index contributed by atoms with van der Waals surface area (Å²) in [5.74, 6) is 2.62. The van der Waals surface area contributed by atoms with Crippen LogP contribution in [0, 0.1) is 17.8 Å². The molecule has 4 nitrogen and oxygen atoms in total. The van der Waals surface area contributed by atoms with Crippen molar-refractivity contribution in [3.8, 4) is 0 Å². The molecule has 92 valence electrons. The Morgan fingerprint density at radius 3 is 2.44 bits per heavy atom. The van der Waals surface area contributed by atoms with Crippen LogP contribution in [0.2, 0.25) is 0 Å². The lowest BCUT2D eigenvalue weighted by Gasteiger charge is -2.30. The number of methoxy groups -OCH3 is 1. The molecule has 0 aromatic rings. The van der Waals surface area contributed by atoms with Gasteiger partial charge in [0.1, 0.15) is 0 Å². The average molecular weight is 226 g/mol. The van der Waals surface area contributed by atoms with E-state index in [1.165, 1.54) is 12.8 Å².